The molecule has 0 unspecified atom stereocenters. The van der Waals surface area contributed by atoms with Crippen LogP contribution in [0.15, 0.2) is 18.2 Å². The number of hydrogen-bond donors (Lipinski definition) is 2. The molecule has 6 heteroatoms. The molecule has 2 aliphatic rings. The van der Waals surface area contributed by atoms with Gasteiger partial charge < -0.3 is 15.5 Å². The Balaban J connectivity index is 1.50. The van der Waals surface area contributed by atoms with E-state index in [0.717, 1.165) is 49.2 Å². The van der Waals surface area contributed by atoms with Gasteiger partial charge in [0.1, 0.15) is 7.28 Å². The lowest BCUT2D eigenvalue weighted by atomic mass is 9.68. The Hall–Kier alpha value is -1.82. The van der Waals surface area contributed by atoms with Crippen molar-refractivity contribution in [2.24, 2.45) is 0 Å². The second-order valence-electron chi connectivity index (χ2n) is 5.60. The summed E-state index contributed by atoms with van der Waals surface area (Å²) >= 11 is 0. The first-order valence-electron chi connectivity index (χ1n) is 7.47. The van der Waals surface area contributed by atoms with E-state index in [1.807, 2.05) is 18.2 Å². The molecule has 5 nitrogen and oxygen atoms in total. The number of benzene rings is 1. The minimum atomic E-state index is 0.00961. The lowest BCUT2D eigenvalue weighted by Gasteiger charge is -2.25. The van der Waals surface area contributed by atoms with Gasteiger partial charge in [0.15, 0.2) is 0 Å². The van der Waals surface area contributed by atoms with E-state index in [2.05, 4.69) is 22.8 Å². The number of hydrogen-bond acceptors (Lipinski definition) is 3. The first kappa shape index (κ1) is 14.1. The Bertz CT molecular complexity index is 556. The van der Waals surface area contributed by atoms with Crippen LogP contribution in [-0.2, 0) is 16.0 Å². The molecule has 0 spiro atoms. The molecule has 2 heterocycles. The molecule has 1 aromatic rings. The van der Waals surface area contributed by atoms with Crippen molar-refractivity contribution >= 4 is 30.5 Å². The standard InChI is InChI=1S/C15H19BN3O2/c20-14(3-6-19-7-4-16-5-8-19)17-12-1-2-13-11(9-12)10-15(21)18-13/h1-2,9H,3-8,10H2,(H,17,20)(H,18,21). The van der Waals surface area contributed by atoms with Gasteiger partial charge in [-0.25, -0.2) is 0 Å². The largest absolute Gasteiger partial charge is 0.326 e. The normalized spacial score (nSPS) is 17.8. The molecule has 0 atom stereocenters. The van der Waals surface area contributed by atoms with Crippen LogP contribution in [0.4, 0.5) is 11.4 Å². The topological polar surface area (TPSA) is 61.4 Å². The molecule has 21 heavy (non-hydrogen) atoms. The summed E-state index contributed by atoms with van der Waals surface area (Å²) in [7, 11) is 2.30. The van der Waals surface area contributed by atoms with Crippen molar-refractivity contribution in [1.82, 2.24) is 4.90 Å². The van der Waals surface area contributed by atoms with E-state index in [1.54, 1.807) is 0 Å². The molecule has 1 saturated heterocycles. The molecular formula is C15H19BN3O2. The molecule has 109 valence electrons. The Labute approximate surface area is 125 Å². The first-order valence-corrected chi connectivity index (χ1v) is 7.47. The molecule has 2 N–H and O–H groups in total. The van der Waals surface area contributed by atoms with E-state index in [9.17, 15) is 9.59 Å². The Morgan fingerprint density at radius 3 is 2.95 bits per heavy atom. The molecule has 0 aromatic heterocycles. The van der Waals surface area contributed by atoms with Gasteiger partial charge in [0.2, 0.25) is 11.8 Å². The SMILES string of the molecule is O=C(CCN1CC[B]CC1)Nc1ccc2c(c1)CC(=O)N2. The lowest BCUT2D eigenvalue weighted by Crippen LogP contribution is -2.34. The Morgan fingerprint density at radius 2 is 2.14 bits per heavy atom. The van der Waals surface area contributed by atoms with Crippen LogP contribution in [0.5, 0.6) is 0 Å². The summed E-state index contributed by atoms with van der Waals surface area (Å²) in [6.45, 7) is 2.92. The average molecular weight is 284 g/mol. The van der Waals surface area contributed by atoms with E-state index >= 15 is 0 Å². The number of carbonyl (C=O) groups is 2. The maximum absolute atomic E-state index is 12.0. The van der Waals surface area contributed by atoms with Gasteiger partial charge in [-0.15, -0.1) is 0 Å². The second kappa shape index (κ2) is 6.31. The molecular weight excluding hydrogens is 265 g/mol. The van der Waals surface area contributed by atoms with Gasteiger partial charge in [-0.2, -0.15) is 0 Å². The van der Waals surface area contributed by atoms with Crippen LogP contribution in [-0.4, -0.2) is 43.6 Å². The monoisotopic (exact) mass is 284 g/mol. The summed E-state index contributed by atoms with van der Waals surface area (Å²) in [6, 6.07) is 5.55. The zero-order chi connectivity index (χ0) is 14.7. The van der Waals surface area contributed by atoms with Crippen LogP contribution in [0.25, 0.3) is 0 Å². The van der Waals surface area contributed by atoms with Gasteiger partial charge in [-0.05, 0) is 36.9 Å². The fourth-order valence-electron chi connectivity index (χ4n) is 2.82. The third kappa shape index (κ3) is 3.64. The fourth-order valence-corrected chi connectivity index (χ4v) is 2.82. The van der Waals surface area contributed by atoms with Crippen LogP contribution < -0.4 is 10.6 Å². The smallest absolute Gasteiger partial charge is 0.228 e. The Kier molecular flexibility index (Phi) is 4.24. The molecule has 0 bridgehead atoms. The summed E-state index contributed by atoms with van der Waals surface area (Å²) < 4.78 is 0. The highest BCUT2D eigenvalue weighted by atomic mass is 16.2. The third-order valence-electron chi connectivity index (χ3n) is 3.97. The highest BCUT2D eigenvalue weighted by Crippen LogP contribution is 2.26. The quantitative estimate of drug-likeness (QED) is 0.821. The summed E-state index contributed by atoms with van der Waals surface area (Å²) in [5.41, 5.74) is 2.56. The molecule has 1 radical (unpaired) electrons. The number of nitrogens with one attached hydrogen (secondary N) is 2. The number of fused-ring (bicyclic) bond motifs is 1. The molecule has 0 saturated carbocycles. The van der Waals surface area contributed by atoms with E-state index in [-0.39, 0.29) is 11.8 Å². The van der Waals surface area contributed by atoms with Crippen LogP contribution in [0.2, 0.25) is 12.6 Å². The predicted molar refractivity (Wildman–Crippen MR) is 83.8 cm³/mol. The van der Waals surface area contributed by atoms with Crippen molar-refractivity contribution in [1.29, 1.82) is 0 Å². The van der Waals surface area contributed by atoms with Crippen LogP contribution in [0, 0.1) is 0 Å². The predicted octanol–water partition coefficient (Wildman–Crippen LogP) is 1.37. The van der Waals surface area contributed by atoms with Crippen molar-refractivity contribution in [2.75, 3.05) is 30.3 Å². The number of rotatable bonds is 4. The highest BCUT2D eigenvalue weighted by Gasteiger charge is 2.18. The number of nitrogens with zero attached hydrogens (tertiary/aromatic N) is 1. The average Bonchev–Trinajstić information content (AvgIpc) is 2.85. The van der Waals surface area contributed by atoms with Gasteiger partial charge in [0.05, 0.1) is 6.42 Å². The summed E-state index contributed by atoms with van der Waals surface area (Å²) in [6.07, 6.45) is 3.14. The summed E-state index contributed by atoms with van der Waals surface area (Å²) in [5.74, 6) is 0.0390. The van der Waals surface area contributed by atoms with Gasteiger partial charge in [0, 0.05) is 24.3 Å². The van der Waals surface area contributed by atoms with Crippen molar-refractivity contribution in [3.05, 3.63) is 23.8 Å². The van der Waals surface area contributed by atoms with E-state index < -0.39 is 0 Å². The van der Waals surface area contributed by atoms with Crippen molar-refractivity contribution in [3.63, 3.8) is 0 Å². The van der Waals surface area contributed by atoms with Gasteiger partial charge in [0.25, 0.3) is 0 Å². The van der Waals surface area contributed by atoms with E-state index in [4.69, 9.17) is 0 Å². The first-order chi connectivity index (χ1) is 10.2. The zero-order valence-electron chi connectivity index (χ0n) is 12.0. The number of carbonyl (C=O) groups excluding carboxylic acids is 2. The van der Waals surface area contributed by atoms with E-state index in [1.165, 1.54) is 0 Å². The van der Waals surface area contributed by atoms with Crippen LogP contribution >= 0.6 is 0 Å². The summed E-state index contributed by atoms with van der Waals surface area (Å²) in [5, 5.41) is 5.70. The van der Waals surface area contributed by atoms with Crippen molar-refractivity contribution in [3.8, 4) is 0 Å². The van der Waals surface area contributed by atoms with Crippen LogP contribution in [0.1, 0.15) is 12.0 Å². The minimum Gasteiger partial charge on any atom is -0.326 e. The number of amides is 2. The summed E-state index contributed by atoms with van der Waals surface area (Å²) in [4.78, 5) is 25.6. The molecule has 2 aliphatic heterocycles. The fraction of sp³-hybridized carbons (Fsp3) is 0.467. The second-order valence-corrected chi connectivity index (χ2v) is 5.60. The lowest BCUT2D eigenvalue weighted by molar-refractivity contribution is -0.116. The van der Waals surface area contributed by atoms with Gasteiger partial charge >= 0.3 is 0 Å². The van der Waals surface area contributed by atoms with E-state index in [0.29, 0.717) is 12.8 Å². The molecule has 0 aliphatic carbocycles. The molecule has 3 rings (SSSR count). The number of anilines is 2. The highest BCUT2D eigenvalue weighted by molar-refractivity contribution is 6.35. The van der Waals surface area contributed by atoms with Gasteiger partial charge in [-0.3, -0.25) is 9.59 Å². The Morgan fingerprint density at radius 1 is 1.33 bits per heavy atom. The van der Waals surface area contributed by atoms with Gasteiger partial charge in [-0.1, -0.05) is 12.6 Å². The molecule has 2 amide bonds. The van der Waals surface area contributed by atoms with Crippen molar-refractivity contribution in [2.45, 2.75) is 25.5 Å². The van der Waals surface area contributed by atoms with Crippen molar-refractivity contribution < 1.29 is 9.59 Å². The zero-order valence-corrected chi connectivity index (χ0v) is 12.0. The van der Waals surface area contributed by atoms with Crippen LogP contribution in [0.3, 0.4) is 0 Å². The third-order valence-corrected chi connectivity index (χ3v) is 3.97. The maximum atomic E-state index is 12.0. The molecule has 1 aromatic carbocycles. The maximum Gasteiger partial charge on any atom is 0.228 e. The minimum absolute atomic E-state index is 0.00961. The molecule has 1 fully saturated rings.